The zero-order chi connectivity index (χ0) is 11.0. The van der Waals surface area contributed by atoms with E-state index in [0.29, 0.717) is 0 Å². The molecule has 0 amide bonds. The van der Waals surface area contributed by atoms with Gasteiger partial charge in [-0.3, -0.25) is 0 Å². The van der Waals surface area contributed by atoms with Crippen LogP contribution >= 0.6 is 0 Å². The van der Waals surface area contributed by atoms with Crippen LogP contribution in [0.4, 0.5) is 0 Å². The summed E-state index contributed by atoms with van der Waals surface area (Å²) in [6.45, 7) is 19.1. The van der Waals surface area contributed by atoms with E-state index in [1.54, 1.807) is 0 Å². The largest absolute Gasteiger partial charge is 0.364 e. The Balaban J connectivity index is 2.62. The molecular weight excluding hydrogens is 172 g/mol. The molecule has 0 aromatic rings. The Morgan fingerprint density at radius 3 is 1.57 bits per heavy atom. The zero-order valence-electron chi connectivity index (χ0n) is 10.3. The van der Waals surface area contributed by atoms with Gasteiger partial charge in [-0.05, 0) is 16.4 Å². The van der Waals surface area contributed by atoms with Gasteiger partial charge in [0.05, 0.1) is 6.61 Å². The van der Waals surface area contributed by atoms with Crippen LogP contribution in [0.15, 0.2) is 12.2 Å². The second kappa shape index (κ2) is 2.11. The molecule has 14 heavy (non-hydrogen) atoms. The summed E-state index contributed by atoms with van der Waals surface area (Å²) in [7, 11) is 0. The quantitative estimate of drug-likeness (QED) is 0.425. The van der Waals surface area contributed by atoms with Gasteiger partial charge in [-0.2, -0.15) is 0 Å². The van der Waals surface area contributed by atoms with E-state index in [4.69, 9.17) is 4.74 Å². The van der Waals surface area contributed by atoms with Crippen LogP contribution in [-0.4, -0.2) is 12.2 Å². The Morgan fingerprint density at radius 1 is 1.00 bits per heavy atom. The molecule has 0 bridgehead atoms. The fraction of sp³-hybridized carbons (Fsp3) is 0.846. The molecule has 1 aliphatic carbocycles. The lowest BCUT2D eigenvalue weighted by atomic mass is 9.60. The molecule has 1 aliphatic heterocycles. The van der Waals surface area contributed by atoms with Crippen LogP contribution in [0, 0.1) is 16.2 Å². The molecule has 0 N–H and O–H groups in total. The second-order valence-corrected chi connectivity index (χ2v) is 6.47. The highest BCUT2D eigenvalue weighted by atomic mass is 16.6. The molecule has 1 nitrogen and oxygen atoms in total. The highest BCUT2D eigenvalue weighted by Gasteiger charge is 2.74. The van der Waals surface area contributed by atoms with E-state index in [1.807, 2.05) is 0 Å². The molecule has 1 unspecified atom stereocenters. The standard InChI is InChI=1S/C13H22O/c1-9-10(2,3)11(4,5)12(6,7)13(9)8-14-13/h1,8H2,2-7H3. The second-order valence-electron chi connectivity index (χ2n) is 6.47. The molecule has 1 saturated heterocycles. The molecule has 1 atom stereocenters. The normalized spacial score (nSPS) is 41.7. The molecule has 0 radical (unpaired) electrons. The fourth-order valence-corrected chi connectivity index (χ4v) is 3.15. The summed E-state index contributed by atoms with van der Waals surface area (Å²) < 4.78 is 5.76. The van der Waals surface area contributed by atoms with Gasteiger partial charge in [0.15, 0.2) is 0 Å². The summed E-state index contributed by atoms with van der Waals surface area (Å²) in [6, 6.07) is 0. The van der Waals surface area contributed by atoms with Crippen molar-refractivity contribution in [3.63, 3.8) is 0 Å². The zero-order valence-corrected chi connectivity index (χ0v) is 10.3. The van der Waals surface area contributed by atoms with E-state index in [-0.39, 0.29) is 21.8 Å². The highest BCUT2D eigenvalue weighted by Crippen LogP contribution is 2.73. The maximum atomic E-state index is 5.76. The number of ether oxygens (including phenoxy) is 1. The summed E-state index contributed by atoms with van der Waals surface area (Å²) in [5.74, 6) is 0. The Kier molecular flexibility index (Phi) is 1.54. The van der Waals surface area contributed by atoms with Crippen LogP contribution in [0.1, 0.15) is 41.5 Å². The molecular formula is C13H22O. The first kappa shape index (κ1) is 10.2. The minimum absolute atomic E-state index is 0.0278. The Hall–Kier alpha value is -0.300. The van der Waals surface area contributed by atoms with Crippen molar-refractivity contribution in [3.8, 4) is 0 Å². The van der Waals surface area contributed by atoms with Crippen molar-refractivity contribution in [2.45, 2.75) is 47.1 Å². The highest BCUT2D eigenvalue weighted by molar-refractivity contribution is 5.41. The summed E-state index contributed by atoms with van der Waals surface area (Å²) in [5.41, 5.74) is 1.83. The average molecular weight is 194 g/mol. The first-order valence-electron chi connectivity index (χ1n) is 5.45. The van der Waals surface area contributed by atoms with Crippen LogP contribution in [0.3, 0.4) is 0 Å². The van der Waals surface area contributed by atoms with Crippen LogP contribution in [0.5, 0.6) is 0 Å². The van der Waals surface area contributed by atoms with Gasteiger partial charge in [-0.25, -0.2) is 0 Å². The number of epoxide rings is 1. The van der Waals surface area contributed by atoms with Crippen molar-refractivity contribution < 1.29 is 4.74 Å². The Morgan fingerprint density at radius 2 is 1.43 bits per heavy atom. The van der Waals surface area contributed by atoms with Crippen molar-refractivity contribution in [3.05, 3.63) is 12.2 Å². The predicted octanol–water partition coefficient (Wildman–Crippen LogP) is 3.40. The first-order valence-corrected chi connectivity index (χ1v) is 5.45. The van der Waals surface area contributed by atoms with E-state index >= 15 is 0 Å². The summed E-state index contributed by atoms with van der Waals surface area (Å²) >= 11 is 0. The van der Waals surface area contributed by atoms with Gasteiger partial charge in [-0.15, -0.1) is 0 Å². The van der Waals surface area contributed by atoms with E-state index in [1.165, 1.54) is 5.57 Å². The van der Waals surface area contributed by atoms with E-state index in [0.717, 1.165) is 6.61 Å². The average Bonchev–Trinajstić information content (AvgIpc) is 2.80. The van der Waals surface area contributed by atoms with Gasteiger partial charge in [0.2, 0.25) is 0 Å². The third kappa shape index (κ3) is 0.701. The van der Waals surface area contributed by atoms with E-state index in [2.05, 4.69) is 48.1 Å². The van der Waals surface area contributed by atoms with Crippen molar-refractivity contribution >= 4 is 0 Å². The van der Waals surface area contributed by atoms with E-state index in [9.17, 15) is 0 Å². The Labute approximate surface area is 87.5 Å². The summed E-state index contributed by atoms with van der Waals surface area (Å²) in [4.78, 5) is 0. The molecule has 1 saturated carbocycles. The minimum Gasteiger partial charge on any atom is -0.364 e. The van der Waals surface area contributed by atoms with Crippen molar-refractivity contribution in [1.29, 1.82) is 0 Å². The third-order valence-corrected chi connectivity index (χ3v) is 5.81. The molecule has 2 aliphatic rings. The van der Waals surface area contributed by atoms with Crippen molar-refractivity contribution in [2.24, 2.45) is 16.2 Å². The third-order valence-electron chi connectivity index (χ3n) is 5.81. The van der Waals surface area contributed by atoms with Crippen molar-refractivity contribution in [2.75, 3.05) is 6.61 Å². The lowest BCUT2D eigenvalue weighted by molar-refractivity contribution is 0.0278. The van der Waals surface area contributed by atoms with Gasteiger partial charge in [-0.1, -0.05) is 48.1 Å². The molecule has 1 spiro atoms. The van der Waals surface area contributed by atoms with Gasteiger partial charge in [0, 0.05) is 5.41 Å². The van der Waals surface area contributed by atoms with Crippen molar-refractivity contribution in [1.82, 2.24) is 0 Å². The topological polar surface area (TPSA) is 12.5 Å². The van der Waals surface area contributed by atoms with Gasteiger partial charge in [0.1, 0.15) is 5.60 Å². The maximum Gasteiger partial charge on any atom is 0.118 e. The summed E-state index contributed by atoms with van der Waals surface area (Å²) in [5, 5.41) is 0. The SMILES string of the molecule is C=C1C(C)(C)C(C)(C)C(C)(C)C12CO2. The molecule has 1 heterocycles. The van der Waals surface area contributed by atoms with Gasteiger partial charge < -0.3 is 4.74 Å². The number of hydrogen-bond acceptors (Lipinski definition) is 1. The number of rotatable bonds is 0. The molecule has 0 aromatic heterocycles. The molecule has 2 rings (SSSR count). The van der Waals surface area contributed by atoms with Crippen LogP contribution < -0.4 is 0 Å². The smallest absolute Gasteiger partial charge is 0.118 e. The van der Waals surface area contributed by atoms with Crippen LogP contribution in [0.2, 0.25) is 0 Å². The summed E-state index contributed by atoms with van der Waals surface area (Å²) in [6.07, 6.45) is 0. The minimum atomic E-state index is -0.0278. The van der Waals surface area contributed by atoms with Crippen LogP contribution in [-0.2, 0) is 4.74 Å². The first-order chi connectivity index (χ1) is 6.11. The lowest BCUT2D eigenvalue weighted by Crippen LogP contribution is -2.41. The predicted molar refractivity (Wildman–Crippen MR) is 59.2 cm³/mol. The monoisotopic (exact) mass is 194 g/mol. The molecule has 80 valence electrons. The molecule has 2 fully saturated rings. The fourth-order valence-electron chi connectivity index (χ4n) is 3.15. The molecule has 0 aromatic carbocycles. The Bertz CT molecular complexity index is 285. The number of hydrogen-bond donors (Lipinski definition) is 0. The lowest BCUT2D eigenvalue weighted by Gasteiger charge is -2.44. The molecule has 1 heteroatoms. The van der Waals surface area contributed by atoms with E-state index < -0.39 is 0 Å². The van der Waals surface area contributed by atoms with Gasteiger partial charge >= 0.3 is 0 Å². The van der Waals surface area contributed by atoms with Gasteiger partial charge in [0.25, 0.3) is 0 Å². The maximum absolute atomic E-state index is 5.76. The van der Waals surface area contributed by atoms with Crippen LogP contribution in [0.25, 0.3) is 0 Å².